The number of hydrogen-bond donors (Lipinski definition) is 0. The maximum atomic E-state index is 12.8. The Morgan fingerprint density at radius 1 is 1.17 bits per heavy atom. The van der Waals surface area contributed by atoms with Gasteiger partial charge in [0.1, 0.15) is 9.88 Å². The standard InChI is InChI=1S/C16H18ClN3O2S2/c1-3-13(21)19-6-8-20(9-7-19)16(22)14-10(2)18-15(24-14)11-4-5-12(17)23-11/h4-5H,3,6-9H2,1-2H3. The molecule has 1 aliphatic rings. The maximum Gasteiger partial charge on any atom is 0.265 e. The molecule has 1 saturated heterocycles. The molecule has 0 radical (unpaired) electrons. The number of aromatic nitrogens is 1. The largest absolute Gasteiger partial charge is 0.339 e. The van der Waals surface area contributed by atoms with Crippen LogP contribution >= 0.6 is 34.3 Å². The molecule has 0 saturated carbocycles. The van der Waals surface area contributed by atoms with Crippen LogP contribution in [-0.4, -0.2) is 52.8 Å². The van der Waals surface area contributed by atoms with Crippen LogP contribution < -0.4 is 0 Å². The lowest BCUT2D eigenvalue weighted by Crippen LogP contribution is -2.50. The summed E-state index contributed by atoms with van der Waals surface area (Å²) in [5.41, 5.74) is 0.747. The summed E-state index contributed by atoms with van der Waals surface area (Å²) in [7, 11) is 0. The predicted molar refractivity (Wildman–Crippen MR) is 97.9 cm³/mol. The third-order valence-electron chi connectivity index (χ3n) is 4.00. The zero-order chi connectivity index (χ0) is 17.3. The SMILES string of the molecule is CCC(=O)N1CCN(C(=O)c2sc(-c3ccc(Cl)s3)nc2C)CC1. The van der Waals surface area contributed by atoms with Crippen LogP contribution in [0.4, 0.5) is 0 Å². The van der Waals surface area contributed by atoms with E-state index < -0.39 is 0 Å². The van der Waals surface area contributed by atoms with Crippen LogP contribution in [-0.2, 0) is 4.79 Å². The molecule has 2 aromatic rings. The Morgan fingerprint density at radius 2 is 1.83 bits per heavy atom. The number of carbonyl (C=O) groups excluding carboxylic acids is 2. The molecule has 0 atom stereocenters. The average molecular weight is 384 g/mol. The molecular formula is C16H18ClN3O2S2. The van der Waals surface area contributed by atoms with Gasteiger partial charge in [-0.3, -0.25) is 9.59 Å². The highest BCUT2D eigenvalue weighted by Gasteiger charge is 2.27. The van der Waals surface area contributed by atoms with Gasteiger partial charge in [0, 0.05) is 32.6 Å². The Kier molecular flexibility index (Phi) is 5.22. The van der Waals surface area contributed by atoms with Crippen LogP contribution in [0.3, 0.4) is 0 Å². The number of hydrogen-bond acceptors (Lipinski definition) is 5. The second kappa shape index (κ2) is 7.21. The monoisotopic (exact) mass is 383 g/mol. The molecule has 0 aliphatic carbocycles. The van der Waals surface area contributed by atoms with Crippen molar-refractivity contribution in [2.45, 2.75) is 20.3 Å². The first-order valence-electron chi connectivity index (χ1n) is 7.79. The number of thiophene rings is 1. The van der Waals surface area contributed by atoms with Crippen molar-refractivity contribution in [3.8, 4) is 9.88 Å². The Balaban J connectivity index is 1.72. The molecule has 0 spiro atoms. The molecule has 2 aromatic heterocycles. The summed E-state index contributed by atoms with van der Waals surface area (Å²) >= 11 is 8.85. The molecule has 3 heterocycles. The van der Waals surface area contributed by atoms with Crippen molar-refractivity contribution < 1.29 is 9.59 Å². The van der Waals surface area contributed by atoms with Crippen LogP contribution in [0.1, 0.15) is 28.7 Å². The number of amides is 2. The minimum absolute atomic E-state index is 0.00232. The Hall–Kier alpha value is -1.44. The molecule has 1 fully saturated rings. The van der Waals surface area contributed by atoms with Crippen molar-refractivity contribution >= 4 is 46.1 Å². The second-order valence-corrected chi connectivity index (χ2v) is 8.28. The normalized spacial score (nSPS) is 15.0. The van der Waals surface area contributed by atoms with E-state index in [1.54, 1.807) is 0 Å². The fourth-order valence-corrected chi connectivity index (χ4v) is 4.79. The number of thiazole rings is 1. The van der Waals surface area contributed by atoms with E-state index in [0.29, 0.717) is 41.8 Å². The van der Waals surface area contributed by atoms with Gasteiger partial charge in [0.15, 0.2) is 0 Å². The molecule has 0 N–H and O–H groups in total. The van der Waals surface area contributed by atoms with E-state index in [2.05, 4.69) is 4.98 Å². The van der Waals surface area contributed by atoms with E-state index in [0.717, 1.165) is 15.6 Å². The summed E-state index contributed by atoms with van der Waals surface area (Å²) in [6.07, 6.45) is 0.509. The molecule has 0 bridgehead atoms. The Morgan fingerprint density at radius 3 is 2.42 bits per heavy atom. The van der Waals surface area contributed by atoms with Crippen molar-refractivity contribution in [2.75, 3.05) is 26.2 Å². The second-order valence-electron chi connectivity index (χ2n) is 5.56. The van der Waals surface area contributed by atoms with Gasteiger partial charge >= 0.3 is 0 Å². The van der Waals surface area contributed by atoms with Crippen LogP contribution in [0.2, 0.25) is 4.34 Å². The lowest BCUT2D eigenvalue weighted by atomic mass is 10.2. The fraction of sp³-hybridized carbons (Fsp3) is 0.438. The summed E-state index contributed by atoms with van der Waals surface area (Å²) < 4.78 is 0.711. The zero-order valence-electron chi connectivity index (χ0n) is 13.5. The first-order chi connectivity index (χ1) is 11.5. The molecule has 2 amide bonds. The molecule has 24 heavy (non-hydrogen) atoms. The van der Waals surface area contributed by atoms with Gasteiger partial charge in [-0.2, -0.15) is 0 Å². The number of rotatable bonds is 3. The molecule has 128 valence electrons. The minimum atomic E-state index is 0.00232. The Bertz CT molecular complexity index is 763. The van der Waals surface area contributed by atoms with Gasteiger partial charge in [-0.25, -0.2) is 4.98 Å². The van der Waals surface area contributed by atoms with Crippen molar-refractivity contribution in [1.29, 1.82) is 0 Å². The third-order valence-corrected chi connectivity index (χ3v) is 6.54. The summed E-state index contributed by atoms with van der Waals surface area (Å²) in [4.78, 5) is 34.3. The number of nitrogens with zero attached hydrogens (tertiary/aromatic N) is 3. The lowest BCUT2D eigenvalue weighted by Gasteiger charge is -2.34. The highest BCUT2D eigenvalue weighted by atomic mass is 35.5. The molecule has 8 heteroatoms. The van der Waals surface area contributed by atoms with E-state index in [1.165, 1.54) is 22.7 Å². The van der Waals surface area contributed by atoms with E-state index in [9.17, 15) is 9.59 Å². The van der Waals surface area contributed by atoms with Crippen LogP contribution in [0.15, 0.2) is 12.1 Å². The third kappa shape index (κ3) is 3.48. The summed E-state index contributed by atoms with van der Waals surface area (Å²) in [5, 5.41) is 0.826. The van der Waals surface area contributed by atoms with Crippen LogP contribution in [0, 0.1) is 6.92 Å². The zero-order valence-corrected chi connectivity index (χ0v) is 15.9. The molecule has 0 aromatic carbocycles. The van der Waals surface area contributed by atoms with Crippen LogP contribution in [0.5, 0.6) is 0 Å². The van der Waals surface area contributed by atoms with E-state index in [4.69, 9.17) is 11.6 Å². The van der Waals surface area contributed by atoms with Crippen molar-refractivity contribution in [3.63, 3.8) is 0 Å². The summed E-state index contributed by atoms with van der Waals surface area (Å²) in [6.45, 7) is 6.07. The fourth-order valence-electron chi connectivity index (χ4n) is 2.66. The van der Waals surface area contributed by atoms with Crippen molar-refractivity contribution in [1.82, 2.24) is 14.8 Å². The van der Waals surface area contributed by atoms with Crippen molar-refractivity contribution in [3.05, 3.63) is 27.0 Å². The lowest BCUT2D eigenvalue weighted by molar-refractivity contribution is -0.132. The quantitative estimate of drug-likeness (QED) is 0.814. The average Bonchev–Trinajstić information content (AvgIpc) is 3.19. The summed E-state index contributed by atoms with van der Waals surface area (Å²) in [6, 6.07) is 3.76. The molecular weight excluding hydrogens is 366 g/mol. The summed E-state index contributed by atoms with van der Waals surface area (Å²) in [5.74, 6) is 0.149. The van der Waals surface area contributed by atoms with Gasteiger partial charge in [0.05, 0.1) is 14.9 Å². The van der Waals surface area contributed by atoms with Gasteiger partial charge in [0.2, 0.25) is 5.91 Å². The molecule has 5 nitrogen and oxygen atoms in total. The Labute approximate surface area is 153 Å². The molecule has 1 aliphatic heterocycles. The van der Waals surface area contributed by atoms with Gasteiger partial charge in [-0.05, 0) is 19.1 Å². The topological polar surface area (TPSA) is 53.5 Å². The number of piperazine rings is 1. The van der Waals surface area contributed by atoms with E-state index in [1.807, 2.05) is 35.8 Å². The highest BCUT2D eigenvalue weighted by molar-refractivity contribution is 7.24. The minimum Gasteiger partial charge on any atom is -0.339 e. The number of aryl methyl sites for hydroxylation is 1. The van der Waals surface area contributed by atoms with Crippen molar-refractivity contribution in [2.24, 2.45) is 0 Å². The van der Waals surface area contributed by atoms with Gasteiger partial charge in [-0.15, -0.1) is 22.7 Å². The molecule has 3 rings (SSSR count). The maximum absolute atomic E-state index is 12.8. The smallest absolute Gasteiger partial charge is 0.265 e. The van der Waals surface area contributed by atoms with Gasteiger partial charge in [0.25, 0.3) is 5.91 Å². The highest BCUT2D eigenvalue weighted by Crippen LogP contribution is 2.35. The number of halogens is 1. The predicted octanol–water partition coefficient (Wildman–Crippen LogP) is 3.53. The molecule has 0 unspecified atom stereocenters. The van der Waals surface area contributed by atoms with Gasteiger partial charge in [-0.1, -0.05) is 18.5 Å². The first kappa shape index (κ1) is 17.4. The van der Waals surface area contributed by atoms with E-state index in [-0.39, 0.29) is 11.8 Å². The number of carbonyl (C=O) groups is 2. The van der Waals surface area contributed by atoms with E-state index >= 15 is 0 Å². The first-order valence-corrected chi connectivity index (χ1v) is 9.81. The van der Waals surface area contributed by atoms with Gasteiger partial charge < -0.3 is 9.80 Å². The van der Waals surface area contributed by atoms with Crippen LogP contribution in [0.25, 0.3) is 9.88 Å².